The number of nitrogens with zero attached hydrogens (tertiary/aromatic N) is 1. The third-order valence-electron chi connectivity index (χ3n) is 3.11. The van der Waals surface area contributed by atoms with Gasteiger partial charge in [-0.05, 0) is 40.2 Å². The van der Waals surface area contributed by atoms with Crippen molar-refractivity contribution in [2.45, 2.75) is 0 Å². The molecule has 0 aliphatic rings. The van der Waals surface area contributed by atoms with E-state index >= 15 is 0 Å². The van der Waals surface area contributed by atoms with Crippen LogP contribution in [-0.2, 0) is 0 Å². The Hall–Kier alpha value is -2.41. The topological polar surface area (TPSA) is 69.5 Å². The van der Waals surface area contributed by atoms with Crippen LogP contribution in [0.3, 0.4) is 0 Å². The fraction of sp³-hybridized carbons (Fsp3) is 0.235. The summed E-state index contributed by atoms with van der Waals surface area (Å²) in [6.07, 6.45) is 1.31. The maximum absolute atomic E-state index is 8.62. The second-order valence-electron chi connectivity index (χ2n) is 4.63. The molecule has 0 unspecified atom stereocenters. The van der Waals surface area contributed by atoms with Gasteiger partial charge in [-0.3, -0.25) is 0 Å². The van der Waals surface area contributed by atoms with E-state index in [2.05, 4.69) is 21.1 Å². The summed E-state index contributed by atoms with van der Waals surface area (Å²) in [4.78, 5) is 0. The summed E-state index contributed by atoms with van der Waals surface area (Å²) in [6, 6.07) is 10.9. The Morgan fingerprint density at radius 3 is 2.33 bits per heavy atom. The predicted octanol–water partition coefficient (Wildman–Crippen LogP) is 3.73. The van der Waals surface area contributed by atoms with Gasteiger partial charge in [-0.15, -0.1) is 0 Å². The highest BCUT2D eigenvalue weighted by molar-refractivity contribution is 9.10. The molecule has 0 aliphatic heterocycles. The van der Waals surface area contributed by atoms with Crippen LogP contribution in [0.4, 0.5) is 0 Å². The summed E-state index contributed by atoms with van der Waals surface area (Å²) >= 11 is 3.42. The Labute approximate surface area is 148 Å². The van der Waals surface area contributed by atoms with Gasteiger partial charge in [-0.2, -0.15) is 0 Å². The molecule has 0 amide bonds. The number of halogens is 1. The first-order valence-electron chi connectivity index (χ1n) is 7.13. The molecule has 0 fully saturated rings. The average Bonchev–Trinajstić information content (AvgIpc) is 2.60. The molecule has 0 aromatic heterocycles. The van der Waals surface area contributed by atoms with Crippen molar-refractivity contribution in [2.24, 2.45) is 5.16 Å². The molecule has 128 valence electrons. The van der Waals surface area contributed by atoms with E-state index in [9.17, 15) is 0 Å². The number of hydrogen-bond acceptors (Lipinski definition) is 6. The standard InChI is InChI=1S/C17H18BrNO5/c1-21-14-5-3-4-6-15(14)23-7-8-24-17-13(18)9-12(11-19-20)10-16(17)22-2/h3-6,9-11,20H,7-8H2,1-2H3. The summed E-state index contributed by atoms with van der Waals surface area (Å²) in [5, 5.41) is 11.6. The molecule has 0 heterocycles. The van der Waals surface area contributed by atoms with Gasteiger partial charge in [0.05, 0.1) is 24.9 Å². The smallest absolute Gasteiger partial charge is 0.175 e. The predicted molar refractivity (Wildman–Crippen MR) is 94.1 cm³/mol. The van der Waals surface area contributed by atoms with Crippen LogP contribution < -0.4 is 18.9 Å². The number of methoxy groups -OCH3 is 2. The fourth-order valence-corrected chi connectivity index (χ4v) is 2.63. The normalized spacial score (nSPS) is 10.6. The van der Waals surface area contributed by atoms with Crippen molar-refractivity contribution in [3.8, 4) is 23.0 Å². The Morgan fingerprint density at radius 1 is 1.00 bits per heavy atom. The van der Waals surface area contributed by atoms with Crippen molar-refractivity contribution < 1.29 is 24.2 Å². The van der Waals surface area contributed by atoms with E-state index in [1.807, 2.05) is 24.3 Å². The molecule has 0 saturated heterocycles. The lowest BCUT2D eigenvalue weighted by Crippen LogP contribution is -2.10. The lowest BCUT2D eigenvalue weighted by Gasteiger charge is -2.14. The number of ether oxygens (including phenoxy) is 4. The summed E-state index contributed by atoms with van der Waals surface area (Å²) in [7, 11) is 3.14. The van der Waals surface area contributed by atoms with Crippen molar-refractivity contribution in [3.05, 3.63) is 46.4 Å². The van der Waals surface area contributed by atoms with Crippen LogP contribution in [0.25, 0.3) is 0 Å². The van der Waals surface area contributed by atoms with E-state index in [1.54, 1.807) is 26.4 Å². The van der Waals surface area contributed by atoms with Crippen LogP contribution in [-0.4, -0.2) is 38.9 Å². The zero-order valence-electron chi connectivity index (χ0n) is 13.4. The maximum Gasteiger partial charge on any atom is 0.175 e. The molecule has 1 N–H and O–H groups in total. The zero-order valence-corrected chi connectivity index (χ0v) is 14.9. The van der Waals surface area contributed by atoms with Gasteiger partial charge in [-0.1, -0.05) is 17.3 Å². The zero-order chi connectivity index (χ0) is 17.4. The minimum atomic E-state index is 0.320. The van der Waals surface area contributed by atoms with Crippen molar-refractivity contribution in [1.29, 1.82) is 0 Å². The molecule has 0 aliphatic carbocycles. The highest BCUT2D eigenvalue weighted by Gasteiger charge is 2.11. The second-order valence-corrected chi connectivity index (χ2v) is 5.48. The molecule has 0 bridgehead atoms. The van der Waals surface area contributed by atoms with E-state index in [1.165, 1.54) is 6.21 Å². The van der Waals surface area contributed by atoms with Crippen molar-refractivity contribution in [1.82, 2.24) is 0 Å². The molecule has 0 atom stereocenters. The molecule has 2 rings (SSSR count). The summed E-state index contributed by atoms with van der Waals surface area (Å²) < 4.78 is 22.6. The first kappa shape index (κ1) is 17.9. The van der Waals surface area contributed by atoms with Gasteiger partial charge in [-0.25, -0.2) is 0 Å². The fourth-order valence-electron chi connectivity index (χ4n) is 2.05. The first-order valence-corrected chi connectivity index (χ1v) is 7.92. The Bertz CT molecular complexity index is 705. The average molecular weight is 396 g/mol. The lowest BCUT2D eigenvalue weighted by atomic mass is 10.2. The quantitative estimate of drug-likeness (QED) is 0.319. The van der Waals surface area contributed by atoms with Gasteiger partial charge >= 0.3 is 0 Å². The summed E-state index contributed by atoms with van der Waals surface area (Å²) in [5.41, 5.74) is 0.679. The number of rotatable bonds is 8. The molecule has 0 spiro atoms. The number of hydrogen-bond donors (Lipinski definition) is 1. The molecular formula is C17H18BrNO5. The van der Waals surface area contributed by atoms with E-state index in [0.29, 0.717) is 46.2 Å². The second kappa shape index (κ2) is 9.02. The van der Waals surface area contributed by atoms with Gasteiger partial charge < -0.3 is 24.2 Å². The largest absolute Gasteiger partial charge is 0.493 e. The van der Waals surface area contributed by atoms with Crippen LogP contribution in [0.15, 0.2) is 46.0 Å². The van der Waals surface area contributed by atoms with Crippen LogP contribution in [0, 0.1) is 0 Å². The van der Waals surface area contributed by atoms with Gasteiger partial charge in [0.25, 0.3) is 0 Å². The first-order chi connectivity index (χ1) is 11.7. The van der Waals surface area contributed by atoms with Gasteiger partial charge in [0, 0.05) is 5.56 Å². The van der Waals surface area contributed by atoms with Crippen molar-refractivity contribution in [3.63, 3.8) is 0 Å². The minimum absolute atomic E-state index is 0.320. The minimum Gasteiger partial charge on any atom is -0.493 e. The molecule has 2 aromatic carbocycles. The summed E-state index contributed by atoms with van der Waals surface area (Å²) in [6.45, 7) is 0.663. The van der Waals surface area contributed by atoms with Crippen molar-refractivity contribution in [2.75, 3.05) is 27.4 Å². The van der Waals surface area contributed by atoms with Crippen LogP contribution in [0.2, 0.25) is 0 Å². The van der Waals surface area contributed by atoms with Gasteiger partial charge in [0.2, 0.25) is 0 Å². The molecule has 7 heteroatoms. The number of oxime groups is 1. The third-order valence-corrected chi connectivity index (χ3v) is 3.70. The van der Waals surface area contributed by atoms with E-state index in [4.69, 9.17) is 24.2 Å². The van der Waals surface area contributed by atoms with Crippen LogP contribution >= 0.6 is 15.9 Å². The van der Waals surface area contributed by atoms with Crippen LogP contribution in [0.1, 0.15) is 5.56 Å². The number of para-hydroxylation sites is 2. The molecule has 24 heavy (non-hydrogen) atoms. The van der Waals surface area contributed by atoms with Gasteiger partial charge in [0.1, 0.15) is 13.2 Å². The Kier molecular flexibility index (Phi) is 6.74. The highest BCUT2D eigenvalue weighted by Crippen LogP contribution is 2.36. The van der Waals surface area contributed by atoms with Gasteiger partial charge in [0.15, 0.2) is 23.0 Å². The van der Waals surface area contributed by atoms with E-state index < -0.39 is 0 Å². The monoisotopic (exact) mass is 395 g/mol. The van der Waals surface area contributed by atoms with Crippen LogP contribution in [0.5, 0.6) is 23.0 Å². The molecule has 0 radical (unpaired) electrons. The maximum atomic E-state index is 8.62. The molecule has 0 saturated carbocycles. The number of benzene rings is 2. The SMILES string of the molecule is COc1ccccc1OCCOc1c(Br)cc(C=NO)cc1OC. The van der Waals surface area contributed by atoms with E-state index in [0.717, 1.165) is 0 Å². The highest BCUT2D eigenvalue weighted by atomic mass is 79.9. The molecule has 2 aromatic rings. The molecule has 6 nitrogen and oxygen atoms in total. The lowest BCUT2D eigenvalue weighted by molar-refractivity contribution is 0.205. The third kappa shape index (κ3) is 4.55. The Balaban J connectivity index is 1.99. The van der Waals surface area contributed by atoms with E-state index in [-0.39, 0.29) is 0 Å². The van der Waals surface area contributed by atoms with Crippen molar-refractivity contribution >= 4 is 22.1 Å². The molecular weight excluding hydrogens is 378 g/mol. The Morgan fingerprint density at radius 2 is 1.67 bits per heavy atom. The summed E-state index contributed by atoms with van der Waals surface area (Å²) in [5.74, 6) is 2.40.